The molecule has 0 radical (unpaired) electrons. The lowest BCUT2D eigenvalue weighted by Crippen LogP contribution is -2.25. The Morgan fingerprint density at radius 1 is 0.900 bits per heavy atom. The van der Waals surface area contributed by atoms with Gasteiger partial charge in [-0.3, -0.25) is 4.79 Å². The van der Waals surface area contributed by atoms with Gasteiger partial charge in [0.2, 0.25) is 0 Å². The Morgan fingerprint density at radius 2 is 1.57 bits per heavy atom. The van der Waals surface area contributed by atoms with Crippen LogP contribution in [0.4, 0.5) is 0 Å². The first-order valence-electron chi connectivity index (χ1n) is 9.93. The highest BCUT2D eigenvalue weighted by Crippen LogP contribution is 2.25. The number of hydrogen-bond donors (Lipinski definition) is 1. The number of benzene rings is 3. The summed E-state index contributed by atoms with van der Waals surface area (Å²) in [4.78, 5) is 12.1. The topological polar surface area (TPSA) is 59.9 Å². The molecule has 5 nitrogen and oxygen atoms in total. The maximum absolute atomic E-state index is 12.1. The summed E-state index contributed by atoms with van der Waals surface area (Å²) in [6, 6.07) is 25.2. The lowest BCUT2D eigenvalue weighted by Gasteiger charge is -2.13. The first kappa shape index (κ1) is 21.1. The molecule has 0 aromatic heterocycles. The first-order valence-corrected chi connectivity index (χ1v) is 9.93. The molecule has 154 valence electrons. The van der Waals surface area contributed by atoms with Crippen LogP contribution in [0.25, 0.3) is 0 Å². The zero-order valence-corrected chi connectivity index (χ0v) is 17.2. The van der Waals surface area contributed by atoms with Gasteiger partial charge in [0.05, 0.1) is 6.21 Å². The van der Waals surface area contributed by atoms with Crippen molar-refractivity contribution in [2.75, 3.05) is 6.61 Å². The molecular formula is C25H26N2O3. The highest BCUT2D eigenvalue weighted by molar-refractivity contribution is 5.85. The number of hydrogen-bond acceptors (Lipinski definition) is 4. The van der Waals surface area contributed by atoms with Crippen LogP contribution in [0.15, 0.2) is 84.0 Å². The van der Waals surface area contributed by atoms with Gasteiger partial charge in [-0.15, -0.1) is 0 Å². The molecule has 0 heterocycles. The van der Waals surface area contributed by atoms with E-state index in [0.717, 1.165) is 16.7 Å². The fourth-order valence-corrected chi connectivity index (χ4v) is 2.89. The number of amides is 1. The predicted octanol–water partition coefficient (Wildman–Crippen LogP) is 4.92. The minimum atomic E-state index is -0.326. The lowest BCUT2D eigenvalue weighted by atomic mass is 10.0. The molecule has 30 heavy (non-hydrogen) atoms. The maximum atomic E-state index is 12.1. The molecule has 3 rings (SSSR count). The number of nitrogens with one attached hydrogen (secondary N) is 1. The lowest BCUT2D eigenvalue weighted by molar-refractivity contribution is -0.123. The van der Waals surface area contributed by atoms with E-state index in [9.17, 15) is 4.79 Å². The van der Waals surface area contributed by atoms with Crippen molar-refractivity contribution in [2.45, 2.75) is 26.4 Å². The third kappa shape index (κ3) is 6.21. The second-order valence-corrected chi connectivity index (χ2v) is 7.09. The van der Waals surface area contributed by atoms with Crippen LogP contribution in [0.3, 0.4) is 0 Å². The van der Waals surface area contributed by atoms with E-state index < -0.39 is 0 Å². The van der Waals surface area contributed by atoms with Gasteiger partial charge in [0.1, 0.15) is 18.1 Å². The van der Waals surface area contributed by atoms with Gasteiger partial charge in [0, 0.05) is 5.56 Å². The Balaban J connectivity index is 1.53. The predicted molar refractivity (Wildman–Crippen MR) is 119 cm³/mol. The molecule has 0 spiro atoms. The largest absolute Gasteiger partial charge is 0.488 e. The highest BCUT2D eigenvalue weighted by Gasteiger charge is 2.09. The van der Waals surface area contributed by atoms with Crippen LogP contribution >= 0.6 is 0 Å². The van der Waals surface area contributed by atoms with E-state index in [4.69, 9.17) is 9.47 Å². The summed E-state index contributed by atoms with van der Waals surface area (Å²) < 4.78 is 11.6. The quantitative estimate of drug-likeness (QED) is 0.408. The Hall–Kier alpha value is -3.60. The van der Waals surface area contributed by atoms with Crippen molar-refractivity contribution in [1.29, 1.82) is 0 Å². The summed E-state index contributed by atoms with van der Waals surface area (Å²) in [7, 11) is 0. The Labute approximate surface area is 177 Å². The summed E-state index contributed by atoms with van der Waals surface area (Å²) in [5.41, 5.74) is 5.43. The Morgan fingerprint density at radius 3 is 2.33 bits per heavy atom. The average Bonchev–Trinajstić information content (AvgIpc) is 2.78. The normalized spacial score (nSPS) is 10.9. The first-order chi connectivity index (χ1) is 14.6. The smallest absolute Gasteiger partial charge is 0.277 e. The summed E-state index contributed by atoms with van der Waals surface area (Å²) in [5, 5.41) is 4.04. The molecule has 0 bridgehead atoms. The van der Waals surface area contributed by atoms with Gasteiger partial charge in [0.25, 0.3) is 5.91 Å². The van der Waals surface area contributed by atoms with Crippen molar-refractivity contribution in [3.63, 3.8) is 0 Å². The van der Waals surface area contributed by atoms with E-state index in [2.05, 4.69) is 24.4 Å². The molecule has 1 N–H and O–H groups in total. The zero-order valence-electron chi connectivity index (χ0n) is 17.2. The van der Waals surface area contributed by atoms with Crippen molar-refractivity contribution in [3.8, 4) is 11.5 Å². The summed E-state index contributed by atoms with van der Waals surface area (Å²) in [5.74, 6) is 1.40. The fraction of sp³-hybridized carbons (Fsp3) is 0.200. The van der Waals surface area contributed by atoms with Crippen molar-refractivity contribution >= 4 is 12.1 Å². The summed E-state index contributed by atoms with van der Waals surface area (Å²) >= 11 is 0. The average molecular weight is 402 g/mol. The zero-order chi connectivity index (χ0) is 21.2. The molecule has 0 fully saturated rings. The van der Waals surface area contributed by atoms with Crippen molar-refractivity contribution in [1.82, 2.24) is 5.43 Å². The molecule has 0 saturated carbocycles. The monoisotopic (exact) mass is 402 g/mol. The van der Waals surface area contributed by atoms with Crippen LogP contribution in [-0.4, -0.2) is 18.7 Å². The minimum Gasteiger partial charge on any atom is -0.488 e. The van der Waals surface area contributed by atoms with Crippen LogP contribution in [0.1, 0.15) is 36.5 Å². The van der Waals surface area contributed by atoms with E-state index in [1.54, 1.807) is 6.21 Å². The molecule has 0 unspecified atom stereocenters. The van der Waals surface area contributed by atoms with Gasteiger partial charge in [-0.2, -0.15) is 5.10 Å². The molecular weight excluding hydrogens is 376 g/mol. The molecule has 3 aromatic carbocycles. The number of hydrazone groups is 1. The number of ether oxygens (including phenoxy) is 2. The van der Waals surface area contributed by atoms with Gasteiger partial charge in [-0.25, -0.2) is 5.43 Å². The number of rotatable bonds is 9. The van der Waals surface area contributed by atoms with Crippen molar-refractivity contribution in [3.05, 3.63) is 95.6 Å². The van der Waals surface area contributed by atoms with Gasteiger partial charge < -0.3 is 9.47 Å². The van der Waals surface area contributed by atoms with Crippen molar-refractivity contribution in [2.24, 2.45) is 5.10 Å². The number of para-hydroxylation sites is 2. The summed E-state index contributed by atoms with van der Waals surface area (Å²) in [6.45, 7) is 4.53. The van der Waals surface area contributed by atoms with Crippen LogP contribution in [0, 0.1) is 0 Å². The standard InChI is InChI=1S/C25H26N2O3/c1-19(2)22-13-7-9-15-24(22)30-18-25(28)27-26-16-21-12-6-8-14-23(21)29-17-20-10-4-3-5-11-20/h3-16,19H,17-18H2,1-2H3,(H,27,28). The molecule has 0 saturated heterocycles. The molecule has 5 heteroatoms. The molecule has 1 amide bonds. The van der Waals surface area contributed by atoms with E-state index in [1.165, 1.54) is 0 Å². The number of carbonyl (C=O) groups is 1. The Kier molecular flexibility index (Phi) is 7.61. The molecule has 0 aliphatic carbocycles. The number of carbonyl (C=O) groups excluding carboxylic acids is 1. The number of nitrogens with zero attached hydrogens (tertiary/aromatic N) is 1. The van der Waals surface area contributed by atoms with E-state index in [0.29, 0.717) is 24.0 Å². The SMILES string of the molecule is CC(C)c1ccccc1OCC(=O)NN=Cc1ccccc1OCc1ccccc1. The Bertz CT molecular complexity index is 984. The van der Waals surface area contributed by atoms with Crippen LogP contribution in [0.2, 0.25) is 0 Å². The van der Waals surface area contributed by atoms with Gasteiger partial charge in [0.15, 0.2) is 6.61 Å². The molecule has 3 aromatic rings. The van der Waals surface area contributed by atoms with Gasteiger partial charge >= 0.3 is 0 Å². The second-order valence-electron chi connectivity index (χ2n) is 7.09. The third-order valence-electron chi connectivity index (χ3n) is 4.45. The highest BCUT2D eigenvalue weighted by atomic mass is 16.5. The fourth-order valence-electron chi connectivity index (χ4n) is 2.89. The van der Waals surface area contributed by atoms with E-state index in [-0.39, 0.29) is 12.5 Å². The molecule has 0 aliphatic rings. The summed E-state index contributed by atoms with van der Waals surface area (Å²) in [6.07, 6.45) is 1.57. The van der Waals surface area contributed by atoms with E-state index >= 15 is 0 Å². The van der Waals surface area contributed by atoms with Gasteiger partial charge in [-0.05, 0) is 35.2 Å². The second kappa shape index (κ2) is 10.8. The minimum absolute atomic E-state index is 0.104. The van der Waals surface area contributed by atoms with Crippen LogP contribution < -0.4 is 14.9 Å². The third-order valence-corrected chi connectivity index (χ3v) is 4.45. The molecule has 0 aliphatic heterocycles. The van der Waals surface area contributed by atoms with Crippen LogP contribution in [0.5, 0.6) is 11.5 Å². The van der Waals surface area contributed by atoms with Gasteiger partial charge in [-0.1, -0.05) is 74.5 Å². The maximum Gasteiger partial charge on any atom is 0.277 e. The van der Waals surface area contributed by atoms with Crippen LogP contribution in [-0.2, 0) is 11.4 Å². The van der Waals surface area contributed by atoms with E-state index in [1.807, 2.05) is 78.9 Å². The van der Waals surface area contributed by atoms with Crippen molar-refractivity contribution < 1.29 is 14.3 Å². The molecule has 0 atom stereocenters.